The average molecular weight is 453 g/mol. The number of anilines is 1. The third-order valence-electron chi connectivity index (χ3n) is 6.25. The van der Waals surface area contributed by atoms with Gasteiger partial charge >= 0.3 is 6.18 Å². The van der Waals surface area contributed by atoms with Crippen LogP contribution < -0.4 is 10.2 Å². The van der Waals surface area contributed by atoms with Gasteiger partial charge in [0, 0.05) is 43.9 Å². The second-order valence-corrected chi connectivity index (χ2v) is 9.51. The number of fused-ring (bicyclic) bond motifs is 3. The number of halogens is 3. The summed E-state index contributed by atoms with van der Waals surface area (Å²) in [5.74, 6) is 0. The molecule has 0 aliphatic carbocycles. The highest BCUT2D eigenvalue weighted by Gasteiger charge is 2.43. The summed E-state index contributed by atoms with van der Waals surface area (Å²) in [6.07, 6.45) is -0.908. The summed E-state index contributed by atoms with van der Waals surface area (Å²) in [4.78, 5) is 10.7. The van der Waals surface area contributed by atoms with Gasteiger partial charge in [-0.15, -0.1) is 11.3 Å². The van der Waals surface area contributed by atoms with E-state index in [1.54, 1.807) is 25.4 Å². The van der Waals surface area contributed by atoms with Gasteiger partial charge in [-0.3, -0.25) is 0 Å². The van der Waals surface area contributed by atoms with Crippen molar-refractivity contribution in [2.45, 2.75) is 50.6 Å². The number of aromatic nitrogens is 2. The average Bonchev–Trinajstić information content (AvgIpc) is 3.45. The van der Waals surface area contributed by atoms with Gasteiger partial charge in [-0.25, -0.2) is 4.98 Å². The Bertz CT molecular complexity index is 1100. The standard InChI is InChI=1S/C21H23F3N4O2S/c1-20(2,29-3)14-8-13(18-25-6-7-31-18)17-16(15(14)21(22,23)24)27-19(30-17)28-9-11-4-5-12(10-28)26-11/h6-8,11-12,26H,4-5,9-10H2,1-3H3. The SMILES string of the molecule is COC(C)(C)c1cc(-c2nccs2)c2oc(N3CC4CCC(C3)N4)nc2c1C(F)(F)F. The molecule has 1 N–H and O–H groups in total. The molecule has 2 aliphatic heterocycles. The highest BCUT2D eigenvalue weighted by atomic mass is 32.1. The Hall–Kier alpha value is -2.17. The van der Waals surface area contributed by atoms with Crippen LogP contribution >= 0.6 is 11.3 Å². The monoisotopic (exact) mass is 452 g/mol. The minimum Gasteiger partial charge on any atom is -0.423 e. The maximum Gasteiger partial charge on any atom is 0.419 e. The normalized spacial score (nSPS) is 21.9. The molecular weight excluding hydrogens is 429 g/mol. The van der Waals surface area contributed by atoms with Crippen LogP contribution in [0.1, 0.15) is 37.8 Å². The van der Waals surface area contributed by atoms with Crippen LogP contribution in [0.3, 0.4) is 0 Å². The summed E-state index contributed by atoms with van der Waals surface area (Å²) in [5.41, 5.74) is -1.57. The number of nitrogens with zero attached hydrogens (tertiary/aromatic N) is 3. The van der Waals surface area contributed by atoms with E-state index in [4.69, 9.17) is 9.15 Å². The number of hydrogen-bond donors (Lipinski definition) is 1. The molecule has 1 aromatic carbocycles. The van der Waals surface area contributed by atoms with Gasteiger partial charge in [0.25, 0.3) is 6.01 Å². The first-order valence-electron chi connectivity index (χ1n) is 10.2. The number of methoxy groups -OCH3 is 1. The van der Waals surface area contributed by atoms with Crippen LogP contribution in [0.25, 0.3) is 21.7 Å². The number of oxazole rings is 1. The number of ether oxygens (including phenoxy) is 1. The molecule has 2 fully saturated rings. The molecule has 4 heterocycles. The lowest BCUT2D eigenvalue weighted by Crippen LogP contribution is -2.51. The third kappa shape index (κ3) is 3.50. The van der Waals surface area contributed by atoms with Crippen LogP contribution in [-0.2, 0) is 16.5 Å². The second-order valence-electron chi connectivity index (χ2n) is 8.61. The zero-order chi connectivity index (χ0) is 22.0. The fourth-order valence-corrected chi connectivity index (χ4v) is 5.20. The molecular formula is C21H23F3N4O2S. The van der Waals surface area contributed by atoms with E-state index in [2.05, 4.69) is 15.3 Å². The van der Waals surface area contributed by atoms with Crippen LogP contribution in [-0.4, -0.2) is 42.3 Å². The van der Waals surface area contributed by atoms with Gasteiger partial charge in [-0.05, 0) is 38.3 Å². The van der Waals surface area contributed by atoms with Crippen LogP contribution in [0.5, 0.6) is 0 Å². The summed E-state index contributed by atoms with van der Waals surface area (Å²) in [7, 11) is 1.40. The number of hydrogen-bond acceptors (Lipinski definition) is 7. The minimum atomic E-state index is -4.62. The van der Waals surface area contributed by atoms with Crippen molar-refractivity contribution >= 4 is 28.5 Å². The molecule has 3 aromatic rings. The van der Waals surface area contributed by atoms with E-state index in [1.165, 1.54) is 24.5 Å². The molecule has 10 heteroatoms. The van der Waals surface area contributed by atoms with Gasteiger partial charge in [-0.2, -0.15) is 18.2 Å². The van der Waals surface area contributed by atoms with E-state index in [0.717, 1.165) is 12.8 Å². The Morgan fingerprint density at radius 1 is 1.23 bits per heavy atom. The molecule has 2 atom stereocenters. The predicted octanol–water partition coefficient (Wildman–Crippen LogP) is 4.79. The molecule has 5 rings (SSSR count). The van der Waals surface area contributed by atoms with E-state index in [9.17, 15) is 13.2 Å². The van der Waals surface area contributed by atoms with Crippen molar-refractivity contribution in [3.05, 3.63) is 28.8 Å². The van der Waals surface area contributed by atoms with E-state index < -0.39 is 17.3 Å². The lowest BCUT2D eigenvalue weighted by molar-refractivity contribution is -0.139. The number of nitrogens with one attached hydrogen (secondary N) is 1. The highest BCUT2D eigenvalue weighted by molar-refractivity contribution is 7.13. The van der Waals surface area contributed by atoms with Gasteiger partial charge in [0.2, 0.25) is 0 Å². The first kappa shape index (κ1) is 20.7. The zero-order valence-electron chi connectivity index (χ0n) is 17.4. The third-order valence-corrected chi connectivity index (χ3v) is 7.05. The molecule has 0 radical (unpaired) electrons. The number of alkyl halides is 3. The summed E-state index contributed by atoms with van der Waals surface area (Å²) in [5, 5.41) is 5.88. The van der Waals surface area contributed by atoms with E-state index in [0.29, 0.717) is 35.7 Å². The number of thiazole rings is 1. The number of piperazine rings is 1. The van der Waals surface area contributed by atoms with Crippen molar-refractivity contribution in [2.75, 3.05) is 25.1 Å². The molecule has 31 heavy (non-hydrogen) atoms. The Labute approximate surface area is 181 Å². The molecule has 2 aromatic heterocycles. The maximum absolute atomic E-state index is 14.3. The molecule has 6 nitrogen and oxygen atoms in total. The molecule has 2 aliphatic rings. The van der Waals surface area contributed by atoms with Gasteiger partial charge in [-0.1, -0.05) is 0 Å². The number of benzene rings is 1. The van der Waals surface area contributed by atoms with E-state index in [1.807, 2.05) is 4.90 Å². The summed E-state index contributed by atoms with van der Waals surface area (Å²) >= 11 is 1.34. The Morgan fingerprint density at radius 3 is 2.52 bits per heavy atom. The van der Waals surface area contributed by atoms with Gasteiger partial charge in [0.05, 0.1) is 16.7 Å². The van der Waals surface area contributed by atoms with Crippen LogP contribution in [0.15, 0.2) is 22.1 Å². The quantitative estimate of drug-likeness (QED) is 0.614. The lowest BCUT2D eigenvalue weighted by atomic mass is 9.89. The minimum absolute atomic E-state index is 0.0143. The fourth-order valence-electron chi connectivity index (χ4n) is 4.55. The van der Waals surface area contributed by atoms with Crippen molar-refractivity contribution in [1.82, 2.24) is 15.3 Å². The van der Waals surface area contributed by atoms with Crippen LogP contribution in [0.4, 0.5) is 19.2 Å². The Balaban J connectivity index is 1.77. The van der Waals surface area contributed by atoms with Crippen molar-refractivity contribution < 1.29 is 22.3 Å². The first-order chi connectivity index (χ1) is 14.7. The molecule has 0 saturated carbocycles. The lowest BCUT2D eigenvalue weighted by Gasteiger charge is -2.31. The largest absolute Gasteiger partial charge is 0.423 e. The predicted molar refractivity (Wildman–Crippen MR) is 112 cm³/mol. The van der Waals surface area contributed by atoms with Gasteiger partial charge in [0.15, 0.2) is 5.58 Å². The van der Waals surface area contributed by atoms with Gasteiger partial charge < -0.3 is 19.4 Å². The van der Waals surface area contributed by atoms with Crippen molar-refractivity contribution in [3.63, 3.8) is 0 Å². The molecule has 2 bridgehead atoms. The Kier molecular flexibility index (Phi) is 4.80. The molecule has 166 valence electrons. The summed E-state index contributed by atoms with van der Waals surface area (Å²) in [6, 6.07) is 2.32. The second kappa shape index (κ2) is 7.18. The molecule has 0 spiro atoms. The highest BCUT2D eigenvalue weighted by Crippen LogP contribution is 2.46. The van der Waals surface area contributed by atoms with Gasteiger partial charge in [0.1, 0.15) is 10.5 Å². The summed E-state index contributed by atoms with van der Waals surface area (Å²) < 4.78 is 54.5. The zero-order valence-corrected chi connectivity index (χ0v) is 18.2. The maximum atomic E-state index is 14.3. The molecule has 2 saturated heterocycles. The molecule has 0 amide bonds. The summed E-state index contributed by atoms with van der Waals surface area (Å²) in [6.45, 7) is 4.55. The van der Waals surface area contributed by atoms with E-state index >= 15 is 0 Å². The first-order valence-corrected chi connectivity index (χ1v) is 11.1. The molecule has 2 unspecified atom stereocenters. The smallest absolute Gasteiger partial charge is 0.419 e. The Morgan fingerprint density at radius 2 is 1.94 bits per heavy atom. The van der Waals surface area contributed by atoms with E-state index in [-0.39, 0.29) is 22.7 Å². The fraction of sp³-hybridized carbons (Fsp3) is 0.524. The number of rotatable bonds is 4. The van der Waals surface area contributed by atoms with Crippen molar-refractivity contribution in [1.29, 1.82) is 0 Å². The van der Waals surface area contributed by atoms with Crippen molar-refractivity contribution in [2.24, 2.45) is 0 Å². The van der Waals surface area contributed by atoms with Crippen molar-refractivity contribution in [3.8, 4) is 10.6 Å². The van der Waals surface area contributed by atoms with Crippen LogP contribution in [0.2, 0.25) is 0 Å². The topological polar surface area (TPSA) is 63.4 Å². The van der Waals surface area contributed by atoms with Crippen LogP contribution in [0, 0.1) is 0 Å².